The highest BCUT2D eigenvalue weighted by Gasteiger charge is 2.36. The molecule has 1 amide bonds. The first-order valence-electron chi connectivity index (χ1n) is 7.63. The van der Waals surface area contributed by atoms with Gasteiger partial charge in [0.05, 0.1) is 17.8 Å². The summed E-state index contributed by atoms with van der Waals surface area (Å²) in [5.74, 6) is -0.125. The summed E-state index contributed by atoms with van der Waals surface area (Å²) < 4.78 is 26.1. The van der Waals surface area contributed by atoms with Crippen LogP contribution in [0.25, 0.3) is 0 Å². The van der Waals surface area contributed by atoms with Gasteiger partial charge in [-0.05, 0) is 18.8 Å². The molecule has 1 aromatic rings. The number of rotatable bonds is 3. The zero-order valence-electron chi connectivity index (χ0n) is 12.8. The predicted octanol–water partition coefficient (Wildman–Crippen LogP) is 2.78. The molecule has 23 heavy (non-hydrogen) atoms. The van der Waals surface area contributed by atoms with Crippen LogP contribution in [0.5, 0.6) is 0 Å². The van der Waals surface area contributed by atoms with Crippen LogP contribution in [0.2, 0.25) is 0 Å². The normalized spacial score (nSPS) is 17.8. The van der Waals surface area contributed by atoms with Crippen molar-refractivity contribution in [1.29, 1.82) is 0 Å². The molecule has 0 radical (unpaired) electrons. The minimum Gasteiger partial charge on any atom is -0.368 e. The molecule has 0 bridgehead atoms. The Bertz CT molecular complexity index is 597. The van der Waals surface area contributed by atoms with E-state index >= 15 is 0 Å². The molecule has 1 aliphatic heterocycles. The Balaban J connectivity index is 0.000000924. The monoisotopic (exact) mass is 322 g/mol. The van der Waals surface area contributed by atoms with Crippen LogP contribution in [0.4, 0.5) is 14.7 Å². The number of anilines is 1. The van der Waals surface area contributed by atoms with Gasteiger partial charge in [-0.25, -0.2) is 18.7 Å². The van der Waals surface area contributed by atoms with Crippen molar-refractivity contribution in [3.8, 4) is 12.8 Å². The highest BCUT2D eigenvalue weighted by molar-refractivity contribution is 5.99. The molecule has 0 atom stereocenters. The smallest absolute Gasteiger partial charge is 0.281 e. The van der Waals surface area contributed by atoms with E-state index in [1.165, 1.54) is 19.3 Å². The second-order valence-electron chi connectivity index (χ2n) is 5.78. The van der Waals surface area contributed by atoms with E-state index in [2.05, 4.69) is 22.8 Å². The number of halogens is 2. The van der Waals surface area contributed by atoms with E-state index in [0.717, 1.165) is 12.8 Å². The Hall–Kier alpha value is -2.23. The third kappa shape index (κ3) is 3.58. The topological polar surface area (TPSA) is 72.1 Å². The van der Waals surface area contributed by atoms with Gasteiger partial charge in [0.25, 0.3) is 12.3 Å². The largest absolute Gasteiger partial charge is 0.368 e. The van der Waals surface area contributed by atoms with E-state index in [0.29, 0.717) is 18.2 Å². The van der Waals surface area contributed by atoms with E-state index in [9.17, 15) is 13.6 Å². The van der Waals surface area contributed by atoms with Crippen LogP contribution >= 0.6 is 0 Å². The van der Waals surface area contributed by atoms with Crippen LogP contribution in [0.3, 0.4) is 0 Å². The number of nitrogens with two attached hydrogens (primary N) is 1. The molecule has 2 heterocycles. The van der Waals surface area contributed by atoms with Gasteiger partial charge in [0, 0.05) is 6.54 Å². The third-order valence-corrected chi connectivity index (χ3v) is 4.28. The molecule has 0 spiro atoms. The lowest BCUT2D eigenvalue weighted by molar-refractivity contribution is 0.0728. The number of fused-ring (bicyclic) bond motifs is 1. The van der Waals surface area contributed by atoms with Crippen LogP contribution in [0, 0.1) is 18.8 Å². The van der Waals surface area contributed by atoms with Gasteiger partial charge in [-0.2, -0.15) is 0 Å². The quantitative estimate of drug-likeness (QED) is 0.869. The SMILES string of the molecule is C#C.Nc1nc2c(c(C(F)F)n1)C(=O)N(CC1CCCCC1)C2. The zero-order chi connectivity index (χ0) is 17.0. The summed E-state index contributed by atoms with van der Waals surface area (Å²) in [7, 11) is 0. The number of aromatic nitrogens is 2. The molecule has 0 unspecified atom stereocenters. The summed E-state index contributed by atoms with van der Waals surface area (Å²) >= 11 is 0. The lowest BCUT2D eigenvalue weighted by atomic mass is 9.89. The van der Waals surface area contributed by atoms with Crippen molar-refractivity contribution < 1.29 is 13.6 Å². The van der Waals surface area contributed by atoms with Crippen molar-refractivity contribution >= 4 is 11.9 Å². The molecule has 1 aliphatic carbocycles. The van der Waals surface area contributed by atoms with Crippen molar-refractivity contribution in [2.75, 3.05) is 12.3 Å². The minimum absolute atomic E-state index is 0.0463. The average molecular weight is 322 g/mol. The lowest BCUT2D eigenvalue weighted by Crippen LogP contribution is -2.31. The van der Waals surface area contributed by atoms with E-state index in [4.69, 9.17) is 5.73 Å². The summed E-state index contributed by atoms with van der Waals surface area (Å²) in [6, 6.07) is 0. The van der Waals surface area contributed by atoms with Crippen LogP contribution in [-0.2, 0) is 6.54 Å². The number of terminal acetylenes is 1. The van der Waals surface area contributed by atoms with Crippen molar-refractivity contribution in [3.63, 3.8) is 0 Å². The summed E-state index contributed by atoms with van der Waals surface area (Å²) in [5, 5.41) is 0. The Kier molecular flexibility index (Phi) is 5.48. The van der Waals surface area contributed by atoms with Gasteiger partial charge in [0.15, 0.2) is 0 Å². The molecular weight excluding hydrogens is 302 g/mol. The Morgan fingerprint density at radius 3 is 2.48 bits per heavy atom. The highest BCUT2D eigenvalue weighted by Crippen LogP contribution is 2.32. The van der Waals surface area contributed by atoms with Crippen molar-refractivity contribution in [2.24, 2.45) is 5.92 Å². The predicted molar refractivity (Wildman–Crippen MR) is 82.6 cm³/mol. The van der Waals surface area contributed by atoms with Crippen LogP contribution in [0.1, 0.15) is 60.3 Å². The molecule has 0 aromatic carbocycles. The third-order valence-electron chi connectivity index (χ3n) is 4.28. The van der Waals surface area contributed by atoms with Crippen molar-refractivity contribution in [2.45, 2.75) is 45.1 Å². The number of nitrogens with zero attached hydrogens (tertiary/aromatic N) is 3. The maximum atomic E-state index is 13.0. The summed E-state index contributed by atoms with van der Waals surface area (Å²) in [4.78, 5) is 21.5. The first kappa shape index (κ1) is 17.1. The second kappa shape index (κ2) is 7.36. The minimum atomic E-state index is -2.82. The Morgan fingerprint density at radius 2 is 1.87 bits per heavy atom. The summed E-state index contributed by atoms with van der Waals surface area (Å²) in [5.41, 5.74) is 5.21. The molecule has 2 aliphatic rings. The molecule has 1 fully saturated rings. The molecule has 2 N–H and O–H groups in total. The number of carbonyl (C=O) groups is 1. The van der Waals surface area contributed by atoms with Crippen molar-refractivity contribution in [1.82, 2.24) is 14.9 Å². The number of alkyl halides is 2. The van der Waals surface area contributed by atoms with Gasteiger partial charge in [0.2, 0.25) is 5.95 Å². The number of hydrogen-bond donors (Lipinski definition) is 1. The van der Waals surface area contributed by atoms with Gasteiger partial charge in [-0.1, -0.05) is 19.3 Å². The standard InChI is InChI=1S/C14H18F2N4O.C2H2/c15-12(16)11-10-9(18-14(17)19-11)7-20(13(10)21)6-8-4-2-1-3-5-8;1-2/h8,12H,1-7H2,(H2,17,18,19);1-2H. The van der Waals surface area contributed by atoms with Gasteiger partial charge in [0.1, 0.15) is 5.69 Å². The number of nitrogen functional groups attached to an aromatic ring is 1. The van der Waals surface area contributed by atoms with Crippen LogP contribution in [-0.4, -0.2) is 27.3 Å². The zero-order valence-corrected chi connectivity index (χ0v) is 12.8. The molecule has 5 nitrogen and oxygen atoms in total. The molecule has 0 saturated heterocycles. The Morgan fingerprint density at radius 1 is 1.22 bits per heavy atom. The maximum Gasteiger partial charge on any atom is 0.281 e. The van der Waals surface area contributed by atoms with Gasteiger partial charge in [-0.15, -0.1) is 12.8 Å². The van der Waals surface area contributed by atoms with Gasteiger partial charge < -0.3 is 10.6 Å². The first-order valence-corrected chi connectivity index (χ1v) is 7.63. The van der Waals surface area contributed by atoms with E-state index in [-0.39, 0.29) is 24.0 Å². The molecule has 124 valence electrons. The van der Waals surface area contributed by atoms with Crippen LogP contribution < -0.4 is 5.73 Å². The summed E-state index contributed by atoms with van der Waals surface area (Å²) in [6.07, 6.45) is 11.0. The maximum absolute atomic E-state index is 13.0. The first-order chi connectivity index (χ1) is 11.1. The lowest BCUT2D eigenvalue weighted by Gasteiger charge is -2.26. The van der Waals surface area contributed by atoms with Crippen LogP contribution in [0.15, 0.2) is 0 Å². The second-order valence-corrected chi connectivity index (χ2v) is 5.78. The number of carbonyl (C=O) groups excluding carboxylic acids is 1. The highest BCUT2D eigenvalue weighted by atomic mass is 19.3. The number of hydrogen-bond acceptors (Lipinski definition) is 4. The fourth-order valence-corrected chi connectivity index (χ4v) is 3.29. The molecule has 1 aromatic heterocycles. The molecule has 7 heteroatoms. The van der Waals surface area contributed by atoms with Gasteiger partial charge in [-0.3, -0.25) is 4.79 Å². The fraction of sp³-hybridized carbons (Fsp3) is 0.562. The molecule has 1 saturated carbocycles. The number of amides is 1. The average Bonchev–Trinajstić information content (AvgIpc) is 2.85. The van der Waals surface area contributed by atoms with Crippen molar-refractivity contribution in [3.05, 3.63) is 17.0 Å². The van der Waals surface area contributed by atoms with E-state index < -0.39 is 12.1 Å². The molecular formula is C16H20F2N4O. The van der Waals surface area contributed by atoms with E-state index in [1.54, 1.807) is 4.90 Å². The summed E-state index contributed by atoms with van der Waals surface area (Å²) in [6.45, 7) is 0.870. The van der Waals surface area contributed by atoms with E-state index in [1.807, 2.05) is 0 Å². The Labute approximate surface area is 134 Å². The van der Waals surface area contributed by atoms with Gasteiger partial charge >= 0.3 is 0 Å². The fourth-order valence-electron chi connectivity index (χ4n) is 3.29. The molecule has 3 rings (SSSR count).